The molecule has 3 aromatic rings. The number of nitrogens with one attached hydrogen (secondary N) is 1. The van der Waals surface area contributed by atoms with E-state index in [4.69, 9.17) is 4.74 Å². The summed E-state index contributed by atoms with van der Waals surface area (Å²) >= 11 is 0. The van der Waals surface area contributed by atoms with Crippen LogP contribution in [0.1, 0.15) is 18.8 Å². The molecule has 0 bridgehead atoms. The van der Waals surface area contributed by atoms with Crippen molar-refractivity contribution in [3.63, 3.8) is 0 Å². The smallest absolute Gasteiger partial charge is 0.212 e. The largest absolute Gasteiger partial charge is 0.481 e. The van der Waals surface area contributed by atoms with Gasteiger partial charge in [0.2, 0.25) is 5.88 Å². The van der Waals surface area contributed by atoms with Crippen LogP contribution in [0.5, 0.6) is 5.88 Å². The van der Waals surface area contributed by atoms with Gasteiger partial charge in [-0.3, -0.25) is 0 Å². The minimum atomic E-state index is -0.152. The predicted octanol–water partition coefficient (Wildman–Crippen LogP) is 0.471. The lowest BCUT2D eigenvalue weighted by Crippen LogP contribution is -2.09. The van der Waals surface area contributed by atoms with Crippen molar-refractivity contribution in [2.75, 3.05) is 7.11 Å². The molecule has 0 aliphatic carbocycles. The van der Waals surface area contributed by atoms with Gasteiger partial charge in [-0.2, -0.15) is 5.21 Å². The Morgan fingerprint density at radius 2 is 2.20 bits per heavy atom. The average Bonchev–Trinajstić information content (AvgIpc) is 3.18. The number of aromatic nitrogens is 8. The summed E-state index contributed by atoms with van der Waals surface area (Å²) in [6, 6.07) is 3.50. The maximum Gasteiger partial charge on any atom is 0.212 e. The fraction of sp³-hybridized carbons (Fsp3) is 0.273. The van der Waals surface area contributed by atoms with Crippen LogP contribution >= 0.6 is 0 Å². The highest BCUT2D eigenvalue weighted by Gasteiger charge is 2.15. The first-order valence-electron chi connectivity index (χ1n) is 5.93. The van der Waals surface area contributed by atoms with Crippen LogP contribution in [0.2, 0.25) is 0 Å². The molecule has 9 nitrogen and oxygen atoms in total. The second-order valence-corrected chi connectivity index (χ2v) is 4.12. The number of rotatable bonds is 4. The van der Waals surface area contributed by atoms with Gasteiger partial charge in [0.25, 0.3) is 0 Å². The van der Waals surface area contributed by atoms with E-state index in [1.165, 1.54) is 0 Å². The molecule has 0 aliphatic rings. The van der Waals surface area contributed by atoms with Gasteiger partial charge in [0.15, 0.2) is 5.82 Å². The summed E-state index contributed by atoms with van der Waals surface area (Å²) in [5, 5.41) is 22.0. The molecule has 1 atom stereocenters. The van der Waals surface area contributed by atoms with Crippen LogP contribution in [-0.2, 0) is 0 Å². The quantitative estimate of drug-likeness (QED) is 0.735. The van der Waals surface area contributed by atoms with Crippen LogP contribution in [0.15, 0.2) is 24.5 Å². The van der Waals surface area contributed by atoms with Gasteiger partial charge in [0, 0.05) is 17.8 Å². The number of hydrogen-bond acceptors (Lipinski definition) is 7. The van der Waals surface area contributed by atoms with Crippen molar-refractivity contribution < 1.29 is 4.74 Å². The summed E-state index contributed by atoms with van der Waals surface area (Å²) in [5.74, 6) is 1.11. The summed E-state index contributed by atoms with van der Waals surface area (Å²) in [5.41, 5.74) is 1.58. The number of nitrogens with zero attached hydrogens (tertiary/aromatic N) is 7. The Kier molecular flexibility index (Phi) is 3.07. The third-order valence-electron chi connectivity index (χ3n) is 2.88. The number of pyridine rings is 1. The average molecular weight is 272 g/mol. The van der Waals surface area contributed by atoms with E-state index in [1.54, 1.807) is 24.1 Å². The Labute approximate surface area is 114 Å². The zero-order valence-electron chi connectivity index (χ0n) is 10.9. The summed E-state index contributed by atoms with van der Waals surface area (Å²) in [4.78, 5) is 4.14. The number of tetrazole rings is 1. The fourth-order valence-electron chi connectivity index (χ4n) is 1.72. The monoisotopic (exact) mass is 272 g/mol. The van der Waals surface area contributed by atoms with E-state index in [2.05, 4.69) is 35.9 Å². The molecule has 102 valence electrons. The van der Waals surface area contributed by atoms with Gasteiger partial charge in [0.1, 0.15) is 11.7 Å². The van der Waals surface area contributed by atoms with Gasteiger partial charge in [-0.25, -0.2) is 9.67 Å². The molecule has 3 aromatic heterocycles. The maximum absolute atomic E-state index is 5.02. The Balaban J connectivity index is 1.86. The number of methoxy groups -OCH3 is 1. The molecule has 20 heavy (non-hydrogen) atoms. The molecule has 0 aliphatic heterocycles. The minimum Gasteiger partial charge on any atom is -0.481 e. The molecule has 0 fully saturated rings. The van der Waals surface area contributed by atoms with E-state index in [1.807, 2.05) is 19.2 Å². The van der Waals surface area contributed by atoms with Gasteiger partial charge >= 0.3 is 0 Å². The van der Waals surface area contributed by atoms with Crippen molar-refractivity contribution in [1.82, 2.24) is 40.6 Å². The van der Waals surface area contributed by atoms with Crippen molar-refractivity contribution in [1.29, 1.82) is 0 Å². The molecule has 1 N–H and O–H groups in total. The van der Waals surface area contributed by atoms with Crippen LogP contribution in [-0.4, -0.2) is 47.7 Å². The van der Waals surface area contributed by atoms with Crippen molar-refractivity contribution in [3.05, 3.63) is 30.4 Å². The number of hydrogen-bond donors (Lipinski definition) is 1. The molecular weight excluding hydrogens is 260 g/mol. The van der Waals surface area contributed by atoms with E-state index in [-0.39, 0.29) is 6.04 Å². The van der Waals surface area contributed by atoms with E-state index in [0.717, 1.165) is 11.3 Å². The van der Waals surface area contributed by atoms with E-state index in [0.29, 0.717) is 11.7 Å². The molecule has 0 aromatic carbocycles. The number of H-pyrrole nitrogens is 1. The van der Waals surface area contributed by atoms with Crippen LogP contribution in [0.3, 0.4) is 0 Å². The Morgan fingerprint density at radius 1 is 1.30 bits per heavy atom. The fourth-order valence-corrected chi connectivity index (χ4v) is 1.72. The molecule has 0 saturated heterocycles. The van der Waals surface area contributed by atoms with Crippen LogP contribution in [0, 0.1) is 0 Å². The third kappa shape index (κ3) is 2.20. The lowest BCUT2D eigenvalue weighted by atomic mass is 10.2. The van der Waals surface area contributed by atoms with Gasteiger partial charge in [-0.05, 0) is 13.0 Å². The Morgan fingerprint density at radius 3 is 2.85 bits per heavy atom. The highest BCUT2D eigenvalue weighted by atomic mass is 16.5. The molecule has 3 rings (SSSR count). The molecule has 0 radical (unpaired) electrons. The molecule has 3 heterocycles. The standard InChI is InChI=1S/C11H12N8O/c1-7(11-14-16-17-15-11)19-6-9(13-18-19)8-3-4-10(20-2)12-5-8/h3-7H,1-2H3,(H,14,15,16,17)/t7-/m1/s1. The molecule has 0 saturated carbocycles. The second kappa shape index (κ2) is 5.03. The van der Waals surface area contributed by atoms with Gasteiger partial charge in [-0.15, -0.1) is 15.3 Å². The van der Waals surface area contributed by atoms with Gasteiger partial charge in [0.05, 0.1) is 13.3 Å². The predicted molar refractivity (Wildman–Crippen MR) is 67.8 cm³/mol. The minimum absolute atomic E-state index is 0.152. The second-order valence-electron chi connectivity index (χ2n) is 4.12. The Bertz CT molecular complexity index is 675. The summed E-state index contributed by atoms with van der Waals surface area (Å²) in [6.45, 7) is 1.91. The normalized spacial score (nSPS) is 12.3. The summed E-state index contributed by atoms with van der Waals surface area (Å²) in [7, 11) is 1.57. The van der Waals surface area contributed by atoms with Crippen molar-refractivity contribution in [2.45, 2.75) is 13.0 Å². The first-order valence-corrected chi connectivity index (χ1v) is 5.93. The summed E-state index contributed by atoms with van der Waals surface area (Å²) < 4.78 is 6.69. The highest BCUT2D eigenvalue weighted by Crippen LogP contribution is 2.19. The summed E-state index contributed by atoms with van der Waals surface area (Å²) in [6.07, 6.45) is 3.50. The zero-order valence-corrected chi connectivity index (χ0v) is 10.9. The SMILES string of the molecule is COc1ccc(-c2cn([C@H](C)c3nn[nH]n3)nn2)cn1. The van der Waals surface area contributed by atoms with Crippen LogP contribution in [0.25, 0.3) is 11.3 Å². The number of ether oxygens (including phenoxy) is 1. The van der Waals surface area contributed by atoms with Gasteiger partial charge in [-0.1, -0.05) is 10.4 Å². The van der Waals surface area contributed by atoms with Crippen LogP contribution in [0.4, 0.5) is 0 Å². The van der Waals surface area contributed by atoms with Gasteiger partial charge < -0.3 is 4.74 Å². The lowest BCUT2D eigenvalue weighted by molar-refractivity contribution is 0.398. The first kappa shape index (κ1) is 12.2. The van der Waals surface area contributed by atoms with Crippen LogP contribution < -0.4 is 4.74 Å². The lowest BCUT2D eigenvalue weighted by Gasteiger charge is -2.04. The highest BCUT2D eigenvalue weighted by molar-refractivity contribution is 5.56. The van der Waals surface area contributed by atoms with Crippen molar-refractivity contribution >= 4 is 0 Å². The molecule has 0 amide bonds. The van der Waals surface area contributed by atoms with Crippen molar-refractivity contribution in [2.24, 2.45) is 0 Å². The molecule has 9 heteroatoms. The molecule has 0 spiro atoms. The maximum atomic E-state index is 5.02. The first-order chi connectivity index (χ1) is 9.78. The third-order valence-corrected chi connectivity index (χ3v) is 2.88. The zero-order chi connectivity index (χ0) is 13.9. The number of aromatic amines is 1. The van der Waals surface area contributed by atoms with E-state index >= 15 is 0 Å². The van der Waals surface area contributed by atoms with Crippen molar-refractivity contribution in [3.8, 4) is 17.1 Å². The topological polar surface area (TPSA) is 107 Å². The van der Waals surface area contributed by atoms with E-state index in [9.17, 15) is 0 Å². The van der Waals surface area contributed by atoms with E-state index < -0.39 is 0 Å². The Hall–Kier alpha value is -2.84. The molecule has 0 unspecified atom stereocenters. The molecular formula is C11H12N8O.